The number of aromatic nitrogens is 3. The van der Waals surface area contributed by atoms with Crippen LogP contribution in [0.1, 0.15) is 35.9 Å². The molecule has 19 heavy (non-hydrogen) atoms. The molecule has 0 atom stereocenters. The van der Waals surface area contributed by atoms with Crippen molar-refractivity contribution in [3.05, 3.63) is 35.8 Å². The molecule has 2 aromatic heterocycles. The molecule has 0 aliphatic heterocycles. The zero-order chi connectivity index (χ0) is 14.0. The lowest BCUT2D eigenvalue weighted by Crippen LogP contribution is -2.10. The number of ether oxygens (including phenoxy) is 1. The quantitative estimate of drug-likeness (QED) is 0.850. The molecule has 100 valence electrons. The Balaban J connectivity index is 2.45. The number of pyridine rings is 1. The van der Waals surface area contributed by atoms with E-state index in [1.807, 2.05) is 19.9 Å². The van der Waals surface area contributed by atoms with Crippen LogP contribution in [0.5, 0.6) is 0 Å². The maximum Gasteiger partial charge on any atom is 0.356 e. The van der Waals surface area contributed by atoms with Crippen molar-refractivity contribution in [1.82, 2.24) is 14.8 Å². The van der Waals surface area contributed by atoms with Crippen LogP contribution in [0.2, 0.25) is 0 Å². The Bertz CT molecular complexity index is 604. The SMILES string of the molecule is COC(=O)c1ccc(N)c(-n2ccc(C(C)C)n2)n1. The van der Waals surface area contributed by atoms with Crippen molar-refractivity contribution in [2.24, 2.45) is 0 Å². The van der Waals surface area contributed by atoms with Crippen molar-refractivity contribution in [3.8, 4) is 5.82 Å². The standard InChI is InChI=1S/C13H16N4O2/c1-8(2)10-6-7-17(16-10)12-9(14)4-5-11(15-12)13(18)19-3/h4-8H,14H2,1-3H3. The van der Waals surface area contributed by atoms with Gasteiger partial charge in [0.1, 0.15) is 0 Å². The third-order valence-electron chi connectivity index (χ3n) is 2.72. The van der Waals surface area contributed by atoms with E-state index in [0.717, 1.165) is 5.69 Å². The molecule has 2 aromatic rings. The fraction of sp³-hybridized carbons (Fsp3) is 0.308. The molecule has 2 N–H and O–H groups in total. The van der Waals surface area contributed by atoms with Crippen LogP contribution >= 0.6 is 0 Å². The Kier molecular flexibility index (Phi) is 3.50. The van der Waals surface area contributed by atoms with E-state index in [1.54, 1.807) is 16.9 Å². The minimum Gasteiger partial charge on any atom is -0.464 e. The number of nitrogens with two attached hydrogens (primary N) is 1. The first-order chi connectivity index (χ1) is 9.02. The highest BCUT2D eigenvalue weighted by Crippen LogP contribution is 2.18. The third kappa shape index (κ3) is 2.57. The number of esters is 1. The molecule has 0 aliphatic carbocycles. The van der Waals surface area contributed by atoms with Crippen molar-refractivity contribution < 1.29 is 9.53 Å². The van der Waals surface area contributed by atoms with Gasteiger partial charge in [-0.3, -0.25) is 0 Å². The summed E-state index contributed by atoms with van der Waals surface area (Å²) in [4.78, 5) is 15.7. The molecule has 0 unspecified atom stereocenters. The summed E-state index contributed by atoms with van der Waals surface area (Å²) in [6.07, 6.45) is 1.77. The van der Waals surface area contributed by atoms with E-state index >= 15 is 0 Å². The van der Waals surface area contributed by atoms with E-state index in [0.29, 0.717) is 17.4 Å². The van der Waals surface area contributed by atoms with Gasteiger partial charge in [-0.15, -0.1) is 0 Å². The number of methoxy groups -OCH3 is 1. The Morgan fingerprint density at radius 1 is 1.37 bits per heavy atom. The van der Waals surface area contributed by atoms with Gasteiger partial charge in [0.05, 0.1) is 18.5 Å². The third-order valence-corrected chi connectivity index (χ3v) is 2.72. The minimum absolute atomic E-state index is 0.202. The summed E-state index contributed by atoms with van der Waals surface area (Å²) in [6, 6.07) is 5.04. The lowest BCUT2D eigenvalue weighted by atomic mass is 10.1. The summed E-state index contributed by atoms with van der Waals surface area (Å²) in [5.74, 6) is 0.235. The predicted molar refractivity (Wildman–Crippen MR) is 71.2 cm³/mol. The summed E-state index contributed by atoms with van der Waals surface area (Å²) >= 11 is 0. The number of hydrogen-bond donors (Lipinski definition) is 1. The van der Waals surface area contributed by atoms with Crippen molar-refractivity contribution in [2.45, 2.75) is 19.8 Å². The van der Waals surface area contributed by atoms with Gasteiger partial charge in [-0.05, 0) is 24.1 Å². The van der Waals surface area contributed by atoms with Crippen LogP contribution in [0.3, 0.4) is 0 Å². The first-order valence-electron chi connectivity index (χ1n) is 5.93. The number of hydrogen-bond acceptors (Lipinski definition) is 5. The molecule has 2 heterocycles. The summed E-state index contributed by atoms with van der Waals surface area (Å²) in [5, 5.41) is 4.39. The number of carbonyl (C=O) groups excluding carboxylic acids is 1. The fourth-order valence-electron chi connectivity index (χ4n) is 1.62. The van der Waals surface area contributed by atoms with E-state index in [-0.39, 0.29) is 5.69 Å². The van der Waals surface area contributed by atoms with Crippen LogP contribution in [0, 0.1) is 0 Å². The van der Waals surface area contributed by atoms with Crippen LogP contribution in [-0.2, 0) is 4.74 Å². The maximum atomic E-state index is 11.5. The number of nitrogen functional groups attached to an aromatic ring is 1. The molecular weight excluding hydrogens is 244 g/mol. The largest absolute Gasteiger partial charge is 0.464 e. The lowest BCUT2D eigenvalue weighted by Gasteiger charge is -2.07. The van der Waals surface area contributed by atoms with Gasteiger partial charge in [0.15, 0.2) is 11.5 Å². The van der Waals surface area contributed by atoms with Gasteiger partial charge in [-0.1, -0.05) is 13.8 Å². The number of nitrogens with zero attached hydrogens (tertiary/aromatic N) is 3. The van der Waals surface area contributed by atoms with Crippen LogP contribution < -0.4 is 5.73 Å². The zero-order valence-corrected chi connectivity index (χ0v) is 11.1. The predicted octanol–water partition coefficient (Wildman–Crippen LogP) is 1.76. The molecule has 6 nitrogen and oxygen atoms in total. The van der Waals surface area contributed by atoms with Crippen molar-refractivity contribution in [1.29, 1.82) is 0 Å². The summed E-state index contributed by atoms with van der Waals surface area (Å²) in [5.41, 5.74) is 7.46. The topological polar surface area (TPSA) is 83.0 Å². The highest BCUT2D eigenvalue weighted by Gasteiger charge is 2.13. The number of rotatable bonds is 3. The van der Waals surface area contributed by atoms with Crippen LogP contribution in [0.4, 0.5) is 5.69 Å². The van der Waals surface area contributed by atoms with Gasteiger partial charge in [0, 0.05) is 6.20 Å². The molecule has 2 rings (SSSR count). The van der Waals surface area contributed by atoms with E-state index < -0.39 is 5.97 Å². The maximum absolute atomic E-state index is 11.5. The molecule has 0 saturated heterocycles. The molecule has 0 aromatic carbocycles. The number of carbonyl (C=O) groups is 1. The van der Waals surface area contributed by atoms with Crippen molar-refractivity contribution in [2.75, 3.05) is 12.8 Å². The smallest absolute Gasteiger partial charge is 0.356 e. The second-order valence-corrected chi connectivity index (χ2v) is 4.44. The van der Waals surface area contributed by atoms with Gasteiger partial charge in [-0.25, -0.2) is 14.5 Å². The summed E-state index contributed by atoms with van der Waals surface area (Å²) in [7, 11) is 1.31. The van der Waals surface area contributed by atoms with Gasteiger partial charge in [-0.2, -0.15) is 5.10 Å². The normalized spacial score (nSPS) is 10.7. The molecule has 6 heteroatoms. The van der Waals surface area contributed by atoms with Crippen molar-refractivity contribution in [3.63, 3.8) is 0 Å². The molecule has 0 fully saturated rings. The van der Waals surface area contributed by atoms with Gasteiger partial charge < -0.3 is 10.5 Å². The average Bonchev–Trinajstić information content (AvgIpc) is 2.88. The summed E-state index contributed by atoms with van der Waals surface area (Å²) < 4.78 is 6.21. The minimum atomic E-state index is -0.502. The Morgan fingerprint density at radius 2 is 2.11 bits per heavy atom. The zero-order valence-electron chi connectivity index (χ0n) is 11.1. The average molecular weight is 260 g/mol. The lowest BCUT2D eigenvalue weighted by molar-refractivity contribution is 0.0594. The molecule has 0 spiro atoms. The summed E-state index contributed by atoms with van der Waals surface area (Å²) in [6.45, 7) is 4.10. The van der Waals surface area contributed by atoms with Crippen LogP contribution in [0.25, 0.3) is 5.82 Å². The fourth-order valence-corrected chi connectivity index (χ4v) is 1.62. The van der Waals surface area contributed by atoms with Gasteiger partial charge >= 0.3 is 5.97 Å². The monoisotopic (exact) mass is 260 g/mol. The Morgan fingerprint density at radius 3 is 2.68 bits per heavy atom. The first kappa shape index (κ1) is 13.1. The number of anilines is 1. The highest BCUT2D eigenvalue weighted by molar-refractivity contribution is 5.87. The van der Waals surface area contributed by atoms with Gasteiger partial charge in [0.25, 0.3) is 0 Å². The van der Waals surface area contributed by atoms with E-state index in [4.69, 9.17) is 5.73 Å². The van der Waals surface area contributed by atoms with Gasteiger partial charge in [0.2, 0.25) is 0 Å². The molecule has 0 bridgehead atoms. The second kappa shape index (κ2) is 5.09. The molecule has 0 saturated carbocycles. The van der Waals surface area contributed by atoms with E-state index in [1.165, 1.54) is 13.2 Å². The van der Waals surface area contributed by atoms with E-state index in [2.05, 4.69) is 14.8 Å². The first-order valence-corrected chi connectivity index (χ1v) is 5.93. The molecule has 0 amide bonds. The van der Waals surface area contributed by atoms with Crippen LogP contribution in [-0.4, -0.2) is 27.8 Å². The highest BCUT2D eigenvalue weighted by atomic mass is 16.5. The van der Waals surface area contributed by atoms with Crippen LogP contribution in [0.15, 0.2) is 24.4 Å². The molecule has 0 aliphatic rings. The van der Waals surface area contributed by atoms with Crippen molar-refractivity contribution >= 4 is 11.7 Å². The Labute approximate surface area is 111 Å². The molecular formula is C13H16N4O2. The second-order valence-electron chi connectivity index (χ2n) is 4.44. The molecule has 0 radical (unpaired) electrons. The van der Waals surface area contributed by atoms with E-state index in [9.17, 15) is 4.79 Å². The Hall–Kier alpha value is -2.37.